The van der Waals surface area contributed by atoms with E-state index in [1.807, 2.05) is 13.0 Å². The Hall–Kier alpha value is -2.13. The average molecular weight is 280 g/mol. The molecule has 2 N–H and O–H groups in total. The standard InChI is InChI=1S/C18H20N2O/c1-13(18(19)21)20-11-15-9-5-6-10-16(15)17(12-20)14-7-3-2-4-8-14/h2-10,13,17H,11-12H2,1H3,(H2,19,21)/t13-,17-/m0/s1. The van der Waals surface area contributed by atoms with Crippen molar-refractivity contribution in [1.82, 2.24) is 4.90 Å². The minimum absolute atomic E-state index is 0.246. The average Bonchev–Trinajstić information content (AvgIpc) is 2.53. The van der Waals surface area contributed by atoms with Crippen LogP contribution in [0.4, 0.5) is 0 Å². The van der Waals surface area contributed by atoms with Gasteiger partial charge in [0.2, 0.25) is 5.91 Å². The molecule has 0 saturated carbocycles. The fourth-order valence-electron chi connectivity index (χ4n) is 3.08. The maximum absolute atomic E-state index is 11.5. The lowest BCUT2D eigenvalue weighted by atomic mass is 9.84. The van der Waals surface area contributed by atoms with Crippen molar-refractivity contribution < 1.29 is 4.79 Å². The lowest BCUT2D eigenvalue weighted by molar-refractivity contribution is -0.123. The first-order chi connectivity index (χ1) is 10.2. The maximum Gasteiger partial charge on any atom is 0.234 e. The highest BCUT2D eigenvalue weighted by atomic mass is 16.1. The normalized spacial score (nSPS) is 19.8. The minimum Gasteiger partial charge on any atom is -0.368 e. The highest BCUT2D eigenvalue weighted by Gasteiger charge is 2.30. The molecule has 2 aromatic rings. The van der Waals surface area contributed by atoms with Crippen LogP contribution in [0, 0.1) is 0 Å². The first-order valence-corrected chi connectivity index (χ1v) is 7.33. The van der Waals surface area contributed by atoms with Crippen LogP contribution in [0.2, 0.25) is 0 Å². The predicted molar refractivity (Wildman–Crippen MR) is 83.8 cm³/mol. The molecule has 1 aliphatic rings. The largest absolute Gasteiger partial charge is 0.368 e. The van der Waals surface area contributed by atoms with Crippen LogP contribution in [0.3, 0.4) is 0 Å². The van der Waals surface area contributed by atoms with Gasteiger partial charge in [-0.2, -0.15) is 0 Å². The van der Waals surface area contributed by atoms with Crippen molar-refractivity contribution in [3.8, 4) is 0 Å². The Bertz CT molecular complexity index is 639. The van der Waals surface area contributed by atoms with Crippen molar-refractivity contribution in [2.24, 2.45) is 5.73 Å². The summed E-state index contributed by atoms with van der Waals surface area (Å²) in [6, 6.07) is 18.7. The lowest BCUT2D eigenvalue weighted by Crippen LogP contribution is -2.46. The van der Waals surface area contributed by atoms with Gasteiger partial charge in [0.05, 0.1) is 6.04 Å². The fourth-order valence-corrected chi connectivity index (χ4v) is 3.08. The number of nitrogens with two attached hydrogens (primary N) is 1. The summed E-state index contributed by atoms with van der Waals surface area (Å²) < 4.78 is 0. The van der Waals surface area contributed by atoms with E-state index in [4.69, 9.17) is 5.73 Å². The quantitative estimate of drug-likeness (QED) is 0.939. The number of amides is 1. The van der Waals surface area contributed by atoms with E-state index >= 15 is 0 Å². The van der Waals surface area contributed by atoms with Gasteiger partial charge >= 0.3 is 0 Å². The van der Waals surface area contributed by atoms with Crippen LogP contribution >= 0.6 is 0 Å². The van der Waals surface area contributed by atoms with Gasteiger partial charge in [0.1, 0.15) is 0 Å². The first kappa shape index (κ1) is 13.8. The highest BCUT2D eigenvalue weighted by molar-refractivity contribution is 5.79. The van der Waals surface area contributed by atoms with Crippen molar-refractivity contribution in [1.29, 1.82) is 0 Å². The van der Waals surface area contributed by atoms with Crippen molar-refractivity contribution in [2.45, 2.75) is 25.4 Å². The molecule has 108 valence electrons. The number of benzene rings is 2. The second-order valence-electron chi connectivity index (χ2n) is 5.67. The van der Waals surface area contributed by atoms with E-state index in [0.29, 0.717) is 0 Å². The first-order valence-electron chi connectivity index (χ1n) is 7.33. The molecule has 1 amide bonds. The zero-order valence-electron chi connectivity index (χ0n) is 12.2. The SMILES string of the molecule is C[C@@H](C(N)=O)N1Cc2ccccc2[C@H](c2ccccc2)C1. The zero-order chi connectivity index (χ0) is 14.8. The van der Waals surface area contributed by atoms with Crippen molar-refractivity contribution >= 4 is 5.91 Å². The van der Waals surface area contributed by atoms with Gasteiger partial charge in [-0.05, 0) is 23.6 Å². The Morgan fingerprint density at radius 1 is 1.14 bits per heavy atom. The second-order valence-corrected chi connectivity index (χ2v) is 5.67. The van der Waals surface area contributed by atoms with Gasteiger partial charge in [-0.3, -0.25) is 9.69 Å². The number of primary amides is 1. The Morgan fingerprint density at radius 2 is 1.81 bits per heavy atom. The minimum atomic E-state index is -0.263. The number of hydrogen-bond donors (Lipinski definition) is 1. The van der Waals surface area contributed by atoms with Gasteiger partial charge in [-0.15, -0.1) is 0 Å². The van der Waals surface area contributed by atoms with Crippen molar-refractivity contribution in [2.75, 3.05) is 6.54 Å². The molecule has 0 saturated heterocycles. The van der Waals surface area contributed by atoms with Crippen LogP contribution < -0.4 is 5.73 Å². The third kappa shape index (κ3) is 2.69. The van der Waals surface area contributed by atoms with Crippen LogP contribution in [-0.2, 0) is 11.3 Å². The number of carbonyl (C=O) groups excluding carboxylic acids is 1. The molecule has 2 atom stereocenters. The monoisotopic (exact) mass is 280 g/mol. The summed E-state index contributed by atoms with van der Waals surface area (Å²) in [5.74, 6) is 0.0270. The molecule has 0 fully saturated rings. The van der Waals surface area contributed by atoms with Gasteiger partial charge in [0, 0.05) is 19.0 Å². The van der Waals surface area contributed by atoms with Crippen LogP contribution in [0.5, 0.6) is 0 Å². The summed E-state index contributed by atoms with van der Waals surface area (Å²) in [5, 5.41) is 0. The van der Waals surface area contributed by atoms with Gasteiger partial charge in [0.15, 0.2) is 0 Å². The Labute approximate surface area is 125 Å². The summed E-state index contributed by atoms with van der Waals surface area (Å²) in [5.41, 5.74) is 9.41. The molecule has 0 unspecified atom stereocenters. The Morgan fingerprint density at radius 3 is 2.52 bits per heavy atom. The van der Waals surface area contributed by atoms with E-state index < -0.39 is 0 Å². The van der Waals surface area contributed by atoms with E-state index in [9.17, 15) is 4.79 Å². The highest BCUT2D eigenvalue weighted by Crippen LogP contribution is 2.34. The molecule has 3 heteroatoms. The summed E-state index contributed by atoms with van der Waals surface area (Å²) in [6.45, 7) is 3.49. The number of hydrogen-bond acceptors (Lipinski definition) is 2. The molecular formula is C18H20N2O. The van der Waals surface area contributed by atoms with Gasteiger partial charge in [-0.1, -0.05) is 54.6 Å². The molecule has 0 spiro atoms. The van der Waals surface area contributed by atoms with Crippen LogP contribution in [-0.4, -0.2) is 23.4 Å². The van der Waals surface area contributed by atoms with E-state index in [1.165, 1.54) is 16.7 Å². The van der Waals surface area contributed by atoms with Crippen molar-refractivity contribution in [3.63, 3.8) is 0 Å². The number of carbonyl (C=O) groups is 1. The Kier molecular flexibility index (Phi) is 3.76. The van der Waals surface area contributed by atoms with Gasteiger partial charge < -0.3 is 5.73 Å². The van der Waals surface area contributed by atoms with Crippen LogP contribution in [0.25, 0.3) is 0 Å². The smallest absolute Gasteiger partial charge is 0.234 e. The van der Waals surface area contributed by atoms with Crippen molar-refractivity contribution in [3.05, 3.63) is 71.3 Å². The van der Waals surface area contributed by atoms with Crippen LogP contribution in [0.15, 0.2) is 54.6 Å². The molecule has 0 radical (unpaired) electrons. The summed E-state index contributed by atoms with van der Waals surface area (Å²) >= 11 is 0. The molecule has 2 aromatic carbocycles. The number of rotatable bonds is 3. The van der Waals surface area contributed by atoms with E-state index in [2.05, 4.69) is 53.4 Å². The Balaban J connectivity index is 2.00. The van der Waals surface area contributed by atoms with Gasteiger partial charge in [-0.25, -0.2) is 0 Å². The molecule has 0 bridgehead atoms. The third-order valence-electron chi connectivity index (χ3n) is 4.38. The van der Waals surface area contributed by atoms with E-state index in [1.54, 1.807) is 0 Å². The predicted octanol–water partition coefficient (Wildman–Crippen LogP) is 2.51. The third-order valence-corrected chi connectivity index (χ3v) is 4.38. The summed E-state index contributed by atoms with van der Waals surface area (Å²) in [6.07, 6.45) is 0. The maximum atomic E-state index is 11.5. The van der Waals surface area contributed by atoms with E-state index in [0.717, 1.165) is 13.1 Å². The molecule has 3 nitrogen and oxygen atoms in total. The molecular weight excluding hydrogens is 260 g/mol. The molecule has 1 heterocycles. The summed E-state index contributed by atoms with van der Waals surface area (Å²) in [4.78, 5) is 13.7. The topological polar surface area (TPSA) is 46.3 Å². The number of fused-ring (bicyclic) bond motifs is 1. The fraction of sp³-hybridized carbons (Fsp3) is 0.278. The molecule has 0 aromatic heterocycles. The summed E-state index contributed by atoms with van der Waals surface area (Å²) in [7, 11) is 0. The molecule has 21 heavy (non-hydrogen) atoms. The molecule has 0 aliphatic carbocycles. The lowest BCUT2D eigenvalue weighted by Gasteiger charge is -2.37. The number of nitrogens with zero attached hydrogens (tertiary/aromatic N) is 1. The van der Waals surface area contributed by atoms with Crippen LogP contribution in [0.1, 0.15) is 29.5 Å². The molecule has 3 rings (SSSR count). The molecule has 1 aliphatic heterocycles. The zero-order valence-corrected chi connectivity index (χ0v) is 12.2. The van der Waals surface area contributed by atoms with Gasteiger partial charge in [0.25, 0.3) is 0 Å². The second kappa shape index (κ2) is 5.70. The van der Waals surface area contributed by atoms with E-state index in [-0.39, 0.29) is 17.9 Å².